The average Bonchev–Trinajstić information content (AvgIpc) is 3.23. The summed E-state index contributed by atoms with van der Waals surface area (Å²) < 4.78 is 1.80. The number of rotatable bonds is 4. The molecule has 6 heteroatoms. The number of benzene rings is 2. The second-order valence-electron chi connectivity index (χ2n) is 10.6. The second kappa shape index (κ2) is 8.52. The fraction of sp³-hybridized carbons (Fsp3) is 0.345. The van der Waals surface area contributed by atoms with E-state index in [4.69, 9.17) is 0 Å². The van der Waals surface area contributed by atoms with E-state index in [1.807, 2.05) is 32.0 Å². The SMILES string of the molecule is CCc1ccc(C2C3=C(CC(C)(C)CC3=O)Nc3c(C(=O)Nc4ccc(C)c(C)c4)cnn32)cc1. The number of nitrogens with zero attached hydrogens (tertiary/aromatic N) is 2. The first-order valence-electron chi connectivity index (χ1n) is 12.2. The minimum Gasteiger partial charge on any atom is -0.343 e. The fourth-order valence-corrected chi connectivity index (χ4v) is 5.14. The van der Waals surface area contributed by atoms with Crippen molar-refractivity contribution in [3.63, 3.8) is 0 Å². The Kier molecular flexibility index (Phi) is 5.62. The standard InChI is InChI=1S/C29H32N4O2/c1-6-19-8-10-20(11-9-19)26-25-23(14-29(4,5)15-24(25)34)32-27-22(16-30-33(26)27)28(35)31-21-12-7-17(2)18(3)13-21/h7-13,16,26,32H,6,14-15H2,1-5H3,(H,31,35). The number of aromatic nitrogens is 2. The van der Waals surface area contributed by atoms with Gasteiger partial charge in [0.15, 0.2) is 5.78 Å². The van der Waals surface area contributed by atoms with Crippen LogP contribution in [0.15, 0.2) is 59.9 Å². The van der Waals surface area contributed by atoms with Crippen LogP contribution in [-0.2, 0) is 11.2 Å². The predicted molar refractivity (Wildman–Crippen MR) is 139 cm³/mol. The van der Waals surface area contributed by atoms with E-state index >= 15 is 0 Å². The Morgan fingerprint density at radius 2 is 1.86 bits per heavy atom. The molecule has 1 amide bonds. The highest BCUT2D eigenvalue weighted by Gasteiger charge is 2.42. The Balaban J connectivity index is 1.57. The molecule has 0 spiro atoms. The summed E-state index contributed by atoms with van der Waals surface area (Å²) in [5, 5.41) is 11.1. The quantitative estimate of drug-likeness (QED) is 0.494. The van der Waals surface area contributed by atoms with Gasteiger partial charge in [-0.3, -0.25) is 9.59 Å². The van der Waals surface area contributed by atoms with Crippen molar-refractivity contribution in [3.8, 4) is 0 Å². The summed E-state index contributed by atoms with van der Waals surface area (Å²) in [6.07, 6.45) is 3.78. The Morgan fingerprint density at radius 3 is 2.54 bits per heavy atom. The third kappa shape index (κ3) is 4.18. The minimum atomic E-state index is -0.362. The Hall–Kier alpha value is -3.67. The van der Waals surface area contributed by atoms with Crippen LogP contribution in [0.3, 0.4) is 0 Å². The topological polar surface area (TPSA) is 76.0 Å². The molecular formula is C29H32N4O2. The van der Waals surface area contributed by atoms with Gasteiger partial charge < -0.3 is 10.6 Å². The first-order valence-corrected chi connectivity index (χ1v) is 12.2. The number of aryl methyl sites for hydroxylation is 3. The van der Waals surface area contributed by atoms with Crippen molar-refractivity contribution in [3.05, 3.63) is 87.7 Å². The number of anilines is 2. The van der Waals surface area contributed by atoms with E-state index in [9.17, 15) is 9.59 Å². The molecule has 5 rings (SSSR count). The van der Waals surface area contributed by atoms with Crippen molar-refractivity contribution in [2.24, 2.45) is 5.41 Å². The third-order valence-electron chi connectivity index (χ3n) is 7.22. The zero-order valence-electron chi connectivity index (χ0n) is 21.0. The zero-order chi connectivity index (χ0) is 24.9. The molecule has 1 aromatic heterocycles. The van der Waals surface area contributed by atoms with Crippen LogP contribution in [0.2, 0.25) is 0 Å². The van der Waals surface area contributed by atoms with Gasteiger partial charge in [-0.15, -0.1) is 0 Å². The van der Waals surface area contributed by atoms with Crippen molar-refractivity contribution < 1.29 is 9.59 Å². The van der Waals surface area contributed by atoms with E-state index < -0.39 is 0 Å². The van der Waals surface area contributed by atoms with Gasteiger partial charge in [0, 0.05) is 23.4 Å². The highest BCUT2D eigenvalue weighted by molar-refractivity contribution is 6.08. The number of Topliss-reactive ketones (excluding diaryl/α,β-unsaturated/α-hetero) is 1. The van der Waals surface area contributed by atoms with Crippen LogP contribution in [0, 0.1) is 19.3 Å². The summed E-state index contributed by atoms with van der Waals surface area (Å²) in [4.78, 5) is 26.7. The smallest absolute Gasteiger partial charge is 0.261 e. The first kappa shape index (κ1) is 23.1. The molecular weight excluding hydrogens is 436 g/mol. The largest absolute Gasteiger partial charge is 0.343 e. The van der Waals surface area contributed by atoms with Crippen LogP contribution in [0.1, 0.15) is 72.3 Å². The monoisotopic (exact) mass is 468 g/mol. The minimum absolute atomic E-state index is 0.135. The highest BCUT2D eigenvalue weighted by Crippen LogP contribution is 2.46. The molecule has 1 unspecified atom stereocenters. The molecule has 0 bridgehead atoms. The van der Waals surface area contributed by atoms with Crippen molar-refractivity contribution in [1.82, 2.24) is 9.78 Å². The zero-order valence-corrected chi connectivity index (χ0v) is 21.0. The number of hydrogen-bond acceptors (Lipinski definition) is 4. The van der Waals surface area contributed by atoms with Crippen LogP contribution >= 0.6 is 0 Å². The van der Waals surface area contributed by atoms with Gasteiger partial charge in [0.25, 0.3) is 5.91 Å². The Morgan fingerprint density at radius 1 is 1.11 bits per heavy atom. The van der Waals surface area contributed by atoms with E-state index in [-0.39, 0.29) is 23.1 Å². The summed E-state index contributed by atoms with van der Waals surface area (Å²) >= 11 is 0. The lowest BCUT2D eigenvalue weighted by Crippen LogP contribution is -2.37. The molecule has 0 saturated heterocycles. The maximum absolute atomic E-state index is 13.4. The lowest BCUT2D eigenvalue weighted by Gasteiger charge is -2.39. The highest BCUT2D eigenvalue weighted by atomic mass is 16.1. The third-order valence-corrected chi connectivity index (χ3v) is 7.22. The summed E-state index contributed by atoms with van der Waals surface area (Å²) in [5.74, 6) is 0.531. The normalized spacial score (nSPS) is 18.5. The number of allylic oxidation sites excluding steroid dienone is 2. The maximum Gasteiger partial charge on any atom is 0.261 e. The van der Waals surface area contributed by atoms with E-state index in [0.717, 1.165) is 40.9 Å². The summed E-state index contributed by atoms with van der Waals surface area (Å²) in [7, 11) is 0. The average molecular weight is 469 g/mol. The second-order valence-corrected chi connectivity index (χ2v) is 10.6. The molecule has 6 nitrogen and oxygen atoms in total. The molecule has 1 atom stereocenters. The Labute approximate surface area is 206 Å². The molecule has 35 heavy (non-hydrogen) atoms. The lowest BCUT2D eigenvalue weighted by atomic mass is 9.73. The molecule has 3 aromatic rings. The number of carbonyl (C=O) groups excluding carboxylic acids is 2. The lowest BCUT2D eigenvalue weighted by molar-refractivity contribution is -0.118. The van der Waals surface area contributed by atoms with Gasteiger partial charge in [-0.25, -0.2) is 4.68 Å². The van der Waals surface area contributed by atoms with Gasteiger partial charge in [-0.05, 0) is 66.5 Å². The van der Waals surface area contributed by atoms with Crippen molar-refractivity contribution in [1.29, 1.82) is 0 Å². The van der Waals surface area contributed by atoms with E-state index in [1.54, 1.807) is 10.9 Å². The van der Waals surface area contributed by atoms with Crippen LogP contribution in [0.25, 0.3) is 0 Å². The van der Waals surface area contributed by atoms with Crippen LogP contribution in [-0.4, -0.2) is 21.5 Å². The molecule has 0 radical (unpaired) electrons. The van der Waals surface area contributed by atoms with Crippen molar-refractivity contribution in [2.45, 2.75) is 59.9 Å². The first-order chi connectivity index (χ1) is 16.7. The summed E-state index contributed by atoms with van der Waals surface area (Å²) in [6.45, 7) is 10.4. The molecule has 2 N–H and O–H groups in total. The number of fused-ring (bicyclic) bond motifs is 1. The van der Waals surface area contributed by atoms with E-state index in [2.05, 4.69) is 60.8 Å². The van der Waals surface area contributed by atoms with Gasteiger partial charge in [-0.2, -0.15) is 5.10 Å². The maximum atomic E-state index is 13.4. The predicted octanol–water partition coefficient (Wildman–Crippen LogP) is 5.97. The molecule has 1 aliphatic carbocycles. The van der Waals surface area contributed by atoms with E-state index in [0.29, 0.717) is 17.8 Å². The molecule has 0 fully saturated rings. The van der Waals surface area contributed by atoms with Crippen molar-refractivity contribution >= 4 is 23.2 Å². The molecule has 2 aromatic carbocycles. The van der Waals surface area contributed by atoms with Crippen LogP contribution in [0.4, 0.5) is 11.5 Å². The molecule has 2 heterocycles. The molecule has 1 aliphatic heterocycles. The number of amides is 1. The van der Waals surface area contributed by atoms with Gasteiger partial charge >= 0.3 is 0 Å². The molecule has 180 valence electrons. The number of hydrogen-bond donors (Lipinski definition) is 2. The van der Waals surface area contributed by atoms with Gasteiger partial charge in [0.05, 0.1) is 6.20 Å². The number of carbonyl (C=O) groups is 2. The van der Waals surface area contributed by atoms with Gasteiger partial charge in [-0.1, -0.05) is 51.1 Å². The number of ketones is 1. The summed E-state index contributed by atoms with van der Waals surface area (Å²) in [6, 6.07) is 13.9. The van der Waals surface area contributed by atoms with Crippen LogP contribution < -0.4 is 10.6 Å². The summed E-state index contributed by atoms with van der Waals surface area (Å²) in [5.41, 5.74) is 7.23. The Bertz CT molecular complexity index is 1360. The van der Waals surface area contributed by atoms with E-state index in [1.165, 1.54) is 11.1 Å². The fourth-order valence-electron chi connectivity index (χ4n) is 5.14. The van der Waals surface area contributed by atoms with Crippen molar-refractivity contribution in [2.75, 3.05) is 10.6 Å². The number of nitrogens with one attached hydrogen (secondary N) is 2. The molecule has 2 aliphatic rings. The van der Waals surface area contributed by atoms with Gasteiger partial charge in [0.1, 0.15) is 17.4 Å². The van der Waals surface area contributed by atoms with Gasteiger partial charge in [0.2, 0.25) is 0 Å². The van der Waals surface area contributed by atoms with Crippen LogP contribution in [0.5, 0.6) is 0 Å². The molecule has 0 saturated carbocycles.